The monoisotopic (exact) mass is 337 g/mol. The van der Waals surface area contributed by atoms with Gasteiger partial charge in [0.05, 0.1) is 5.56 Å². The van der Waals surface area contributed by atoms with Gasteiger partial charge in [-0.3, -0.25) is 4.79 Å². The van der Waals surface area contributed by atoms with Crippen LogP contribution in [-0.2, 0) is 0 Å². The third kappa shape index (κ3) is 3.92. The fourth-order valence-corrected chi connectivity index (χ4v) is 2.89. The largest absolute Gasteiger partial charge is 0.366 e. The van der Waals surface area contributed by atoms with E-state index in [4.69, 9.17) is 0 Å². The summed E-state index contributed by atoms with van der Waals surface area (Å²) in [7, 11) is 0. The van der Waals surface area contributed by atoms with Crippen molar-refractivity contribution >= 4 is 18.3 Å². The molecule has 6 heteroatoms. The van der Waals surface area contributed by atoms with Crippen LogP contribution in [0.25, 0.3) is 11.1 Å². The number of halogens is 2. The van der Waals surface area contributed by atoms with Crippen molar-refractivity contribution < 1.29 is 9.18 Å². The number of carbonyl (C=O) groups is 1. The molecular weight excluding hydrogens is 317 g/mol. The number of hydrogen-bond donors (Lipinski definition) is 3. The summed E-state index contributed by atoms with van der Waals surface area (Å²) >= 11 is 0. The molecule has 1 aliphatic rings. The van der Waals surface area contributed by atoms with E-state index in [1.54, 1.807) is 24.5 Å². The Balaban J connectivity index is 0.00000192. The van der Waals surface area contributed by atoms with E-state index in [1.807, 2.05) is 0 Å². The van der Waals surface area contributed by atoms with Gasteiger partial charge in [0.2, 0.25) is 0 Å². The fraction of sp³-hybridized carbons (Fsp3) is 0.353. The van der Waals surface area contributed by atoms with Crippen LogP contribution in [0.5, 0.6) is 0 Å². The molecule has 1 aromatic heterocycles. The Kier molecular flexibility index (Phi) is 5.80. The van der Waals surface area contributed by atoms with Crippen molar-refractivity contribution in [3.8, 4) is 11.1 Å². The van der Waals surface area contributed by atoms with Gasteiger partial charge < -0.3 is 15.6 Å². The second-order valence-corrected chi connectivity index (χ2v) is 5.84. The highest BCUT2D eigenvalue weighted by Crippen LogP contribution is 2.24. The molecule has 0 spiro atoms. The van der Waals surface area contributed by atoms with Crippen LogP contribution in [0.15, 0.2) is 36.7 Å². The van der Waals surface area contributed by atoms with Crippen LogP contribution >= 0.6 is 12.4 Å². The molecule has 124 valence electrons. The first kappa shape index (κ1) is 17.5. The number of aromatic amines is 1. The van der Waals surface area contributed by atoms with E-state index in [2.05, 4.69) is 22.5 Å². The van der Waals surface area contributed by atoms with Crippen molar-refractivity contribution in [1.82, 2.24) is 15.6 Å². The van der Waals surface area contributed by atoms with Crippen LogP contribution in [0.1, 0.15) is 23.7 Å². The Hall–Kier alpha value is -1.85. The summed E-state index contributed by atoms with van der Waals surface area (Å²) < 4.78 is 13.0. The molecule has 2 heterocycles. The number of hydrogen-bond acceptors (Lipinski definition) is 2. The lowest BCUT2D eigenvalue weighted by molar-refractivity contribution is 0.0915. The summed E-state index contributed by atoms with van der Waals surface area (Å²) in [5, 5.41) is 6.44. The molecule has 1 aromatic carbocycles. The van der Waals surface area contributed by atoms with E-state index in [0.717, 1.165) is 30.6 Å². The molecule has 2 atom stereocenters. The van der Waals surface area contributed by atoms with Crippen LogP contribution in [0.2, 0.25) is 0 Å². The minimum absolute atomic E-state index is 0. The van der Waals surface area contributed by atoms with E-state index in [0.29, 0.717) is 11.5 Å². The van der Waals surface area contributed by atoms with E-state index in [-0.39, 0.29) is 30.2 Å². The first-order valence-corrected chi connectivity index (χ1v) is 7.59. The summed E-state index contributed by atoms with van der Waals surface area (Å²) in [6, 6.07) is 6.35. The Morgan fingerprint density at radius 3 is 2.70 bits per heavy atom. The van der Waals surface area contributed by atoms with Crippen molar-refractivity contribution in [1.29, 1.82) is 0 Å². The van der Waals surface area contributed by atoms with Gasteiger partial charge in [-0.05, 0) is 43.1 Å². The molecule has 1 fully saturated rings. The molecule has 2 aromatic rings. The maximum Gasteiger partial charge on any atom is 0.253 e. The van der Waals surface area contributed by atoms with Crippen molar-refractivity contribution in [3.05, 3.63) is 48.0 Å². The summed E-state index contributed by atoms with van der Waals surface area (Å²) in [5.74, 6) is 0.0408. The standard InChI is InChI=1S/C17H20FN3O.ClH/c1-11-8-19-7-6-16(11)21-17(22)15-10-20-9-14(15)12-2-4-13(18)5-3-12;/h2-5,9-11,16,19-20H,6-8H2,1H3,(H,21,22);1H. The van der Waals surface area contributed by atoms with Gasteiger partial charge in [0.15, 0.2) is 0 Å². The molecule has 1 amide bonds. The normalized spacial score (nSPS) is 20.6. The Bertz CT molecular complexity index is 656. The number of nitrogens with one attached hydrogen (secondary N) is 3. The molecule has 23 heavy (non-hydrogen) atoms. The summed E-state index contributed by atoms with van der Waals surface area (Å²) in [5.41, 5.74) is 2.21. The molecule has 3 rings (SSSR count). The number of H-pyrrole nitrogens is 1. The van der Waals surface area contributed by atoms with E-state index >= 15 is 0 Å². The van der Waals surface area contributed by atoms with E-state index in [9.17, 15) is 9.18 Å². The van der Waals surface area contributed by atoms with Crippen molar-refractivity contribution in [3.63, 3.8) is 0 Å². The number of piperidine rings is 1. The Morgan fingerprint density at radius 2 is 2.00 bits per heavy atom. The van der Waals surface area contributed by atoms with Gasteiger partial charge in [0.25, 0.3) is 5.91 Å². The predicted molar refractivity (Wildman–Crippen MR) is 91.3 cm³/mol. The fourth-order valence-electron chi connectivity index (χ4n) is 2.89. The highest BCUT2D eigenvalue weighted by Gasteiger charge is 2.24. The average Bonchev–Trinajstić information content (AvgIpc) is 3.00. The Morgan fingerprint density at radius 1 is 1.26 bits per heavy atom. The molecule has 0 saturated carbocycles. The van der Waals surface area contributed by atoms with Gasteiger partial charge in [0.1, 0.15) is 5.82 Å². The van der Waals surface area contributed by atoms with Gasteiger partial charge in [-0.25, -0.2) is 4.39 Å². The minimum atomic E-state index is -0.284. The molecule has 4 nitrogen and oxygen atoms in total. The van der Waals surface area contributed by atoms with Crippen LogP contribution in [0.4, 0.5) is 4.39 Å². The summed E-state index contributed by atoms with van der Waals surface area (Å²) in [6.45, 7) is 3.98. The minimum Gasteiger partial charge on any atom is -0.366 e. The Labute approximate surface area is 141 Å². The lowest BCUT2D eigenvalue weighted by Crippen LogP contribution is -2.48. The quantitative estimate of drug-likeness (QED) is 0.806. The number of rotatable bonds is 3. The number of carbonyl (C=O) groups excluding carboxylic acids is 1. The molecule has 0 bridgehead atoms. The van der Waals surface area contributed by atoms with Gasteiger partial charge in [-0.15, -0.1) is 12.4 Å². The van der Waals surface area contributed by atoms with Gasteiger partial charge in [0, 0.05) is 24.0 Å². The number of aromatic nitrogens is 1. The lowest BCUT2D eigenvalue weighted by Gasteiger charge is -2.30. The van der Waals surface area contributed by atoms with Gasteiger partial charge in [-0.2, -0.15) is 0 Å². The van der Waals surface area contributed by atoms with E-state index in [1.165, 1.54) is 12.1 Å². The third-order valence-electron chi connectivity index (χ3n) is 4.25. The first-order valence-electron chi connectivity index (χ1n) is 7.59. The average molecular weight is 338 g/mol. The molecule has 0 aliphatic carbocycles. The molecule has 1 aliphatic heterocycles. The molecule has 1 saturated heterocycles. The summed E-state index contributed by atoms with van der Waals surface area (Å²) in [6.07, 6.45) is 4.40. The zero-order valence-electron chi connectivity index (χ0n) is 12.9. The maximum atomic E-state index is 13.0. The second-order valence-electron chi connectivity index (χ2n) is 5.84. The maximum absolute atomic E-state index is 13.0. The lowest BCUT2D eigenvalue weighted by atomic mass is 9.94. The topological polar surface area (TPSA) is 56.9 Å². The van der Waals surface area contributed by atoms with Crippen molar-refractivity contribution in [2.24, 2.45) is 5.92 Å². The van der Waals surface area contributed by atoms with Crippen molar-refractivity contribution in [2.75, 3.05) is 13.1 Å². The van der Waals surface area contributed by atoms with Crippen molar-refractivity contribution in [2.45, 2.75) is 19.4 Å². The van der Waals surface area contributed by atoms with Gasteiger partial charge in [-0.1, -0.05) is 19.1 Å². The van der Waals surface area contributed by atoms with Crippen LogP contribution in [0, 0.1) is 11.7 Å². The molecule has 0 radical (unpaired) electrons. The van der Waals surface area contributed by atoms with Crippen LogP contribution in [0.3, 0.4) is 0 Å². The first-order chi connectivity index (χ1) is 10.6. The second kappa shape index (κ2) is 7.62. The smallest absolute Gasteiger partial charge is 0.253 e. The molecule has 2 unspecified atom stereocenters. The number of benzene rings is 1. The van der Waals surface area contributed by atoms with Crippen LogP contribution < -0.4 is 10.6 Å². The number of amides is 1. The molecule has 3 N–H and O–H groups in total. The molecular formula is C17H21ClFN3O. The summed E-state index contributed by atoms with van der Waals surface area (Å²) in [4.78, 5) is 15.5. The SMILES string of the molecule is CC1CNCCC1NC(=O)c1c[nH]cc1-c1ccc(F)cc1.Cl. The zero-order chi connectivity index (χ0) is 15.5. The third-order valence-corrected chi connectivity index (χ3v) is 4.25. The van der Waals surface area contributed by atoms with Gasteiger partial charge >= 0.3 is 0 Å². The zero-order valence-corrected chi connectivity index (χ0v) is 13.8. The highest BCUT2D eigenvalue weighted by molar-refractivity contribution is 6.00. The highest BCUT2D eigenvalue weighted by atomic mass is 35.5. The van der Waals surface area contributed by atoms with E-state index < -0.39 is 0 Å². The van der Waals surface area contributed by atoms with Crippen LogP contribution in [-0.4, -0.2) is 30.0 Å². The predicted octanol–water partition coefficient (Wildman–Crippen LogP) is 2.97.